The third-order valence-electron chi connectivity index (χ3n) is 2.97. The molecule has 0 unspecified atom stereocenters. The average Bonchev–Trinajstić information content (AvgIpc) is 2.52. The van der Waals surface area contributed by atoms with Gasteiger partial charge in [-0.2, -0.15) is 20.2 Å². The molecule has 9 heteroatoms. The number of ether oxygens (including phenoxy) is 1. The minimum absolute atomic E-state index is 0.0893. The van der Waals surface area contributed by atoms with Gasteiger partial charge in [-0.15, -0.1) is 0 Å². The van der Waals surface area contributed by atoms with Gasteiger partial charge in [0.25, 0.3) is 0 Å². The van der Waals surface area contributed by atoms with Crippen LogP contribution in [0.3, 0.4) is 0 Å². The normalized spacial score (nSPS) is 9.82. The SMILES string of the molecule is CCN(CC)c1nc(OC)nc(N(C#N)CC(=O)N(C)C)n1. The van der Waals surface area contributed by atoms with Crippen molar-refractivity contribution >= 4 is 17.8 Å². The molecule has 0 aromatic carbocycles. The van der Waals surface area contributed by atoms with Gasteiger partial charge in [-0.3, -0.25) is 4.79 Å². The van der Waals surface area contributed by atoms with Crippen LogP contribution in [0.5, 0.6) is 6.01 Å². The van der Waals surface area contributed by atoms with Gasteiger partial charge in [0, 0.05) is 27.2 Å². The van der Waals surface area contributed by atoms with Crippen molar-refractivity contribution in [2.75, 3.05) is 50.6 Å². The van der Waals surface area contributed by atoms with Crippen LogP contribution >= 0.6 is 0 Å². The summed E-state index contributed by atoms with van der Waals surface area (Å²) in [6.07, 6.45) is 1.92. The van der Waals surface area contributed by atoms with Crippen molar-refractivity contribution in [3.8, 4) is 12.2 Å². The zero-order valence-corrected chi connectivity index (χ0v) is 13.6. The third kappa shape index (κ3) is 4.18. The third-order valence-corrected chi connectivity index (χ3v) is 2.97. The van der Waals surface area contributed by atoms with Crippen LogP contribution in [-0.2, 0) is 4.79 Å². The summed E-state index contributed by atoms with van der Waals surface area (Å²) < 4.78 is 5.06. The fraction of sp³-hybridized carbons (Fsp3) is 0.615. The molecule has 0 N–H and O–H groups in total. The number of likely N-dealkylation sites (N-methyl/N-ethyl adjacent to an activating group) is 1. The van der Waals surface area contributed by atoms with Crippen LogP contribution in [0.2, 0.25) is 0 Å². The van der Waals surface area contributed by atoms with E-state index >= 15 is 0 Å². The maximum atomic E-state index is 11.8. The lowest BCUT2D eigenvalue weighted by Gasteiger charge is -2.21. The van der Waals surface area contributed by atoms with E-state index in [0.717, 1.165) is 4.90 Å². The Labute approximate surface area is 130 Å². The molecular weight excluding hydrogens is 286 g/mol. The van der Waals surface area contributed by atoms with Crippen LogP contribution in [0.4, 0.5) is 11.9 Å². The lowest BCUT2D eigenvalue weighted by molar-refractivity contribution is -0.127. The highest BCUT2D eigenvalue weighted by molar-refractivity contribution is 5.81. The Morgan fingerprint density at radius 1 is 1.18 bits per heavy atom. The predicted octanol–water partition coefficient (Wildman–Crippen LogP) is 0.102. The van der Waals surface area contributed by atoms with E-state index in [1.807, 2.05) is 24.9 Å². The van der Waals surface area contributed by atoms with Crippen LogP contribution in [0.1, 0.15) is 13.8 Å². The number of methoxy groups -OCH3 is 1. The van der Waals surface area contributed by atoms with Gasteiger partial charge in [-0.1, -0.05) is 0 Å². The topological polar surface area (TPSA) is 98.5 Å². The molecule has 0 fully saturated rings. The van der Waals surface area contributed by atoms with Gasteiger partial charge in [0.05, 0.1) is 7.11 Å². The van der Waals surface area contributed by atoms with Gasteiger partial charge in [0.1, 0.15) is 6.54 Å². The number of carbonyl (C=O) groups excluding carboxylic acids is 1. The minimum atomic E-state index is -0.231. The monoisotopic (exact) mass is 307 g/mol. The molecule has 1 aromatic rings. The van der Waals surface area contributed by atoms with Gasteiger partial charge < -0.3 is 14.5 Å². The molecule has 0 atom stereocenters. The van der Waals surface area contributed by atoms with E-state index in [2.05, 4.69) is 15.0 Å². The zero-order chi connectivity index (χ0) is 16.7. The first-order valence-corrected chi connectivity index (χ1v) is 6.89. The largest absolute Gasteiger partial charge is 0.467 e. The first-order valence-electron chi connectivity index (χ1n) is 6.89. The number of anilines is 2. The number of nitrogens with zero attached hydrogens (tertiary/aromatic N) is 7. The molecule has 0 saturated heterocycles. The van der Waals surface area contributed by atoms with Gasteiger partial charge >= 0.3 is 6.01 Å². The molecule has 120 valence electrons. The van der Waals surface area contributed by atoms with Crippen LogP contribution in [0, 0.1) is 11.5 Å². The maximum Gasteiger partial charge on any atom is 0.322 e. The van der Waals surface area contributed by atoms with E-state index in [1.165, 1.54) is 12.0 Å². The predicted molar refractivity (Wildman–Crippen MR) is 81.6 cm³/mol. The van der Waals surface area contributed by atoms with Crippen molar-refractivity contribution in [2.45, 2.75) is 13.8 Å². The van der Waals surface area contributed by atoms with Crippen LogP contribution in [0.25, 0.3) is 0 Å². The fourth-order valence-electron chi connectivity index (χ4n) is 1.62. The van der Waals surface area contributed by atoms with Crippen molar-refractivity contribution < 1.29 is 9.53 Å². The number of aromatic nitrogens is 3. The molecule has 1 heterocycles. The highest BCUT2D eigenvalue weighted by Crippen LogP contribution is 2.17. The van der Waals surface area contributed by atoms with E-state index in [9.17, 15) is 10.1 Å². The molecule has 0 saturated carbocycles. The lowest BCUT2D eigenvalue weighted by atomic mass is 10.5. The Kier molecular flexibility index (Phi) is 6.31. The summed E-state index contributed by atoms with van der Waals surface area (Å²) in [5, 5.41) is 9.27. The summed E-state index contributed by atoms with van der Waals surface area (Å²) in [7, 11) is 4.67. The van der Waals surface area contributed by atoms with Crippen molar-refractivity contribution in [3.63, 3.8) is 0 Å². The summed E-state index contributed by atoms with van der Waals surface area (Å²) in [6.45, 7) is 5.20. The van der Waals surface area contributed by atoms with Gasteiger partial charge in [-0.05, 0) is 13.8 Å². The maximum absolute atomic E-state index is 11.8. The Balaban J connectivity index is 3.18. The molecule has 0 radical (unpaired) electrons. The number of hydrogen-bond donors (Lipinski definition) is 0. The Bertz CT molecular complexity index is 552. The fourth-order valence-corrected chi connectivity index (χ4v) is 1.62. The van der Waals surface area contributed by atoms with E-state index in [4.69, 9.17) is 4.74 Å². The smallest absolute Gasteiger partial charge is 0.322 e. The van der Waals surface area contributed by atoms with E-state index < -0.39 is 0 Å². The van der Waals surface area contributed by atoms with Gasteiger partial charge in [0.2, 0.25) is 17.8 Å². The van der Waals surface area contributed by atoms with Crippen molar-refractivity contribution in [1.82, 2.24) is 19.9 Å². The number of hydrogen-bond acceptors (Lipinski definition) is 8. The second-order valence-electron chi connectivity index (χ2n) is 4.57. The highest BCUT2D eigenvalue weighted by Gasteiger charge is 2.19. The highest BCUT2D eigenvalue weighted by atomic mass is 16.5. The quantitative estimate of drug-likeness (QED) is 0.517. The molecule has 1 amide bonds. The summed E-state index contributed by atoms with van der Waals surface area (Å²) in [5.74, 6) is 0.265. The Morgan fingerprint density at radius 3 is 2.23 bits per heavy atom. The summed E-state index contributed by atoms with van der Waals surface area (Å²) in [6, 6.07) is 0.101. The Hall–Kier alpha value is -2.63. The van der Waals surface area contributed by atoms with E-state index in [0.29, 0.717) is 19.0 Å². The second-order valence-corrected chi connectivity index (χ2v) is 4.57. The molecule has 0 aliphatic rings. The molecule has 0 spiro atoms. The summed E-state index contributed by atoms with van der Waals surface area (Å²) in [4.78, 5) is 28.7. The van der Waals surface area contributed by atoms with Crippen LogP contribution in [-0.4, -0.2) is 66.6 Å². The first kappa shape index (κ1) is 17.4. The van der Waals surface area contributed by atoms with Gasteiger partial charge in [-0.25, -0.2) is 4.90 Å². The Morgan fingerprint density at radius 2 is 1.77 bits per heavy atom. The molecule has 1 rings (SSSR count). The van der Waals surface area contributed by atoms with Crippen molar-refractivity contribution in [3.05, 3.63) is 0 Å². The van der Waals surface area contributed by atoms with Gasteiger partial charge in [0.15, 0.2) is 6.19 Å². The first-order chi connectivity index (χ1) is 10.5. The molecular formula is C13H21N7O2. The molecule has 9 nitrogen and oxygen atoms in total. The molecule has 0 aliphatic heterocycles. The molecule has 1 aromatic heterocycles. The van der Waals surface area contributed by atoms with E-state index in [-0.39, 0.29) is 24.4 Å². The lowest BCUT2D eigenvalue weighted by Crippen LogP contribution is -2.35. The van der Waals surface area contributed by atoms with Crippen molar-refractivity contribution in [2.24, 2.45) is 0 Å². The minimum Gasteiger partial charge on any atom is -0.467 e. The molecule has 22 heavy (non-hydrogen) atoms. The number of nitriles is 1. The number of carbonyl (C=O) groups is 1. The summed E-state index contributed by atoms with van der Waals surface area (Å²) >= 11 is 0. The standard InChI is InChI=1S/C13H21N7O2/c1-6-19(7-2)11-15-12(17-13(16-11)22-5)20(9-14)8-10(21)18(3)4/h6-8H2,1-5H3. The van der Waals surface area contributed by atoms with E-state index in [1.54, 1.807) is 14.1 Å². The summed E-state index contributed by atoms with van der Waals surface area (Å²) in [5.41, 5.74) is 0. The number of amides is 1. The van der Waals surface area contributed by atoms with Crippen LogP contribution < -0.4 is 14.5 Å². The average molecular weight is 307 g/mol. The molecule has 0 aliphatic carbocycles. The zero-order valence-electron chi connectivity index (χ0n) is 13.6. The van der Waals surface area contributed by atoms with Crippen LogP contribution in [0.15, 0.2) is 0 Å². The number of rotatable bonds is 7. The van der Waals surface area contributed by atoms with Crippen molar-refractivity contribution in [1.29, 1.82) is 5.26 Å². The second kappa shape index (κ2) is 7.97. The molecule has 0 bridgehead atoms.